The SMILES string of the molecule is Cc1ccc(N2C(=O)[C@@H]3[C@@H](c4cccs4)N(c4ccccc4)O[C@H]3C2=O)cc1. The second-order valence-corrected chi connectivity index (χ2v) is 8.00. The Morgan fingerprint density at radius 2 is 1.61 bits per heavy atom. The molecule has 28 heavy (non-hydrogen) atoms. The number of aryl methyl sites for hydroxylation is 1. The quantitative estimate of drug-likeness (QED) is 0.632. The largest absolute Gasteiger partial charge is 0.273 e. The van der Waals surface area contributed by atoms with E-state index in [1.807, 2.05) is 66.9 Å². The highest BCUT2D eigenvalue weighted by atomic mass is 32.1. The molecule has 2 fully saturated rings. The summed E-state index contributed by atoms with van der Waals surface area (Å²) in [6.07, 6.45) is -0.818. The van der Waals surface area contributed by atoms with Gasteiger partial charge in [0, 0.05) is 4.88 Å². The number of carbonyl (C=O) groups is 2. The highest BCUT2D eigenvalue weighted by Crippen LogP contribution is 2.48. The van der Waals surface area contributed by atoms with Gasteiger partial charge in [-0.05, 0) is 42.6 Å². The number of imide groups is 1. The van der Waals surface area contributed by atoms with Crippen LogP contribution in [-0.2, 0) is 14.4 Å². The molecule has 0 unspecified atom stereocenters. The predicted molar refractivity (Wildman–Crippen MR) is 108 cm³/mol. The zero-order chi connectivity index (χ0) is 19.3. The number of amides is 2. The van der Waals surface area contributed by atoms with Crippen molar-refractivity contribution < 1.29 is 14.4 Å². The fourth-order valence-electron chi connectivity index (χ4n) is 3.91. The Kier molecular flexibility index (Phi) is 4.03. The van der Waals surface area contributed by atoms with Crippen LogP contribution in [0.4, 0.5) is 11.4 Å². The molecule has 0 bridgehead atoms. The number of rotatable bonds is 3. The minimum absolute atomic E-state index is 0.212. The fraction of sp³-hybridized carbons (Fsp3) is 0.182. The number of thiophene rings is 1. The van der Waals surface area contributed by atoms with E-state index in [-0.39, 0.29) is 17.9 Å². The first-order chi connectivity index (χ1) is 13.6. The molecule has 2 aromatic carbocycles. The van der Waals surface area contributed by atoms with Crippen molar-refractivity contribution in [2.45, 2.75) is 19.1 Å². The molecule has 0 spiro atoms. The van der Waals surface area contributed by atoms with Crippen LogP contribution in [0.5, 0.6) is 0 Å². The number of benzene rings is 2. The van der Waals surface area contributed by atoms with Gasteiger partial charge in [0.1, 0.15) is 12.0 Å². The third kappa shape index (κ3) is 2.57. The molecular weight excluding hydrogens is 372 g/mol. The second-order valence-electron chi connectivity index (χ2n) is 7.02. The van der Waals surface area contributed by atoms with E-state index in [1.165, 1.54) is 4.90 Å². The van der Waals surface area contributed by atoms with Crippen molar-refractivity contribution in [2.75, 3.05) is 9.96 Å². The van der Waals surface area contributed by atoms with Gasteiger partial charge >= 0.3 is 0 Å². The number of hydroxylamine groups is 1. The average molecular weight is 390 g/mol. The van der Waals surface area contributed by atoms with Gasteiger partial charge in [0.05, 0.1) is 11.4 Å². The number of para-hydroxylation sites is 1. The average Bonchev–Trinajstić information content (AvgIpc) is 3.42. The lowest BCUT2D eigenvalue weighted by Crippen LogP contribution is -2.37. The molecule has 0 aliphatic carbocycles. The normalized spacial score (nSPS) is 24.1. The molecule has 6 heteroatoms. The van der Waals surface area contributed by atoms with E-state index in [4.69, 9.17) is 4.84 Å². The Hall–Kier alpha value is -2.96. The summed E-state index contributed by atoms with van der Waals surface area (Å²) >= 11 is 1.57. The summed E-state index contributed by atoms with van der Waals surface area (Å²) in [6.45, 7) is 1.97. The van der Waals surface area contributed by atoms with Crippen LogP contribution in [0, 0.1) is 12.8 Å². The number of hydrogen-bond acceptors (Lipinski definition) is 5. The van der Waals surface area contributed by atoms with Crippen molar-refractivity contribution in [1.29, 1.82) is 0 Å². The maximum Gasteiger partial charge on any atom is 0.266 e. The van der Waals surface area contributed by atoms with E-state index in [9.17, 15) is 9.59 Å². The lowest BCUT2D eigenvalue weighted by Gasteiger charge is -2.27. The Bertz CT molecular complexity index is 1020. The number of nitrogens with zero attached hydrogens (tertiary/aromatic N) is 2. The molecule has 140 valence electrons. The molecule has 1 aromatic heterocycles. The first-order valence-electron chi connectivity index (χ1n) is 9.14. The molecule has 2 amide bonds. The molecule has 2 saturated heterocycles. The summed E-state index contributed by atoms with van der Waals surface area (Å²) in [5.41, 5.74) is 2.50. The maximum atomic E-state index is 13.4. The number of hydrogen-bond donors (Lipinski definition) is 0. The van der Waals surface area contributed by atoms with E-state index < -0.39 is 12.0 Å². The van der Waals surface area contributed by atoms with Gasteiger partial charge in [-0.3, -0.25) is 14.4 Å². The maximum absolute atomic E-state index is 13.4. The van der Waals surface area contributed by atoms with Crippen molar-refractivity contribution in [1.82, 2.24) is 0 Å². The monoisotopic (exact) mass is 390 g/mol. The second kappa shape index (κ2) is 6.58. The van der Waals surface area contributed by atoms with E-state index in [1.54, 1.807) is 28.5 Å². The van der Waals surface area contributed by atoms with Crippen molar-refractivity contribution in [3.05, 3.63) is 82.6 Å². The van der Waals surface area contributed by atoms with Gasteiger partial charge in [0.2, 0.25) is 5.91 Å². The first kappa shape index (κ1) is 17.2. The van der Waals surface area contributed by atoms with Gasteiger partial charge < -0.3 is 0 Å². The van der Waals surface area contributed by atoms with Gasteiger partial charge in [0.25, 0.3) is 5.91 Å². The Morgan fingerprint density at radius 1 is 0.857 bits per heavy atom. The molecule has 5 rings (SSSR count). The lowest BCUT2D eigenvalue weighted by atomic mass is 9.95. The van der Waals surface area contributed by atoms with Crippen molar-refractivity contribution in [3.63, 3.8) is 0 Å². The van der Waals surface area contributed by atoms with Crippen LogP contribution in [0.2, 0.25) is 0 Å². The molecule has 0 N–H and O–H groups in total. The van der Waals surface area contributed by atoms with E-state index >= 15 is 0 Å². The Labute approximate surface area is 166 Å². The fourth-order valence-corrected chi connectivity index (χ4v) is 4.76. The summed E-state index contributed by atoms with van der Waals surface area (Å²) in [6, 6.07) is 20.6. The summed E-state index contributed by atoms with van der Waals surface area (Å²) in [5, 5.41) is 3.70. The molecule has 2 aliphatic heterocycles. The van der Waals surface area contributed by atoms with Crippen molar-refractivity contribution in [2.24, 2.45) is 5.92 Å². The standard InChI is InChI=1S/C22H18N2O3S/c1-14-9-11-15(12-10-14)23-21(25)18-19(17-8-5-13-28-17)24(27-20(18)22(23)26)16-6-3-2-4-7-16/h2-13,18-20H,1H3/t18-,19-,20-/m1/s1. The van der Waals surface area contributed by atoms with Crippen LogP contribution in [-0.4, -0.2) is 17.9 Å². The highest BCUT2D eigenvalue weighted by molar-refractivity contribution is 7.10. The van der Waals surface area contributed by atoms with Gasteiger partial charge in [-0.25, -0.2) is 9.96 Å². The van der Waals surface area contributed by atoms with Gasteiger partial charge in [0.15, 0.2) is 6.10 Å². The first-order valence-corrected chi connectivity index (χ1v) is 10.0. The summed E-state index contributed by atoms with van der Waals surface area (Å²) in [5.74, 6) is -1.10. The molecule has 3 aromatic rings. The topological polar surface area (TPSA) is 49.9 Å². The van der Waals surface area contributed by atoms with Crippen LogP contribution in [0.1, 0.15) is 16.5 Å². The van der Waals surface area contributed by atoms with Crippen LogP contribution < -0.4 is 9.96 Å². The molecule has 5 nitrogen and oxygen atoms in total. The summed E-state index contributed by atoms with van der Waals surface area (Å²) in [7, 11) is 0. The van der Waals surface area contributed by atoms with Crippen LogP contribution in [0.15, 0.2) is 72.1 Å². The third-order valence-electron chi connectivity index (χ3n) is 5.25. The number of carbonyl (C=O) groups excluding carboxylic acids is 2. The van der Waals surface area contributed by atoms with E-state index in [0.29, 0.717) is 5.69 Å². The lowest BCUT2D eigenvalue weighted by molar-refractivity contribution is -0.126. The molecule has 3 atom stereocenters. The molecular formula is C22H18N2O3S. The van der Waals surface area contributed by atoms with Crippen molar-refractivity contribution >= 4 is 34.5 Å². The highest BCUT2D eigenvalue weighted by Gasteiger charge is 2.60. The molecule has 0 radical (unpaired) electrons. The van der Waals surface area contributed by atoms with Gasteiger partial charge in [-0.1, -0.05) is 42.0 Å². The summed E-state index contributed by atoms with van der Waals surface area (Å²) in [4.78, 5) is 34.9. The number of fused-ring (bicyclic) bond motifs is 1. The van der Waals surface area contributed by atoms with Gasteiger partial charge in [-0.2, -0.15) is 0 Å². The third-order valence-corrected chi connectivity index (χ3v) is 6.20. The van der Waals surface area contributed by atoms with Gasteiger partial charge in [-0.15, -0.1) is 11.3 Å². The zero-order valence-corrected chi connectivity index (χ0v) is 16.0. The van der Waals surface area contributed by atoms with E-state index in [2.05, 4.69) is 0 Å². The van der Waals surface area contributed by atoms with Crippen LogP contribution in [0.3, 0.4) is 0 Å². The van der Waals surface area contributed by atoms with Crippen LogP contribution >= 0.6 is 11.3 Å². The molecule has 0 saturated carbocycles. The Balaban J connectivity index is 1.56. The minimum atomic E-state index is -0.818. The Morgan fingerprint density at radius 3 is 2.29 bits per heavy atom. The van der Waals surface area contributed by atoms with Crippen molar-refractivity contribution in [3.8, 4) is 0 Å². The minimum Gasteiger partial charge on any atom is -0.273 e. The van der Waals surface area contributed by atoms with E-state index in [0.717, 1.165) is 16.1 Å². The summed E-state index contributed by atoms with van der Waals surface area (Å²) < 4.78 is 0. The smallest absolute Gasteiger partial charge is 0.266 e. The number of anilines is 2. The van der Waals surface area contributed by atoms with Crippen LogP contribution in [0.25, 0.3) is 0 Å². The molecule has 2 aliphatic rings. The zero-order valence-electron chi connectivity index (χ0n) is 15.2. The molecule has 3 heterocycles. The predicted octanol–water partition coefficient (Wildman–Crippen LogP) is 4.11.